The third-order valence-corrected chi connectivity index (χ3v) is 6.17. The molecule has 0 aliphatic rings. The van der Waals surface area contributed by atoms with Crippen LogP contribution in [0.1, 0.15) is 31.7 Å². The molecule has 178 valence electrons. The minimum atomic E-state index is -2.81. The van der Waals surface area contributed by atoms with Crippen LogP contribution in [-0.4, -0.2) is 50.4 Å². The van der Waals surface area contributed by atoms with E-state index in [0.717, 1.165) is 11.3 Å². The van der Waals surface area contributed by atoms with Gasteiger partial charge in [-0.3, -0.25) is 9.29 Å². The summed E-state index contributed by atoms with van der Waals surface area (Å²) in [5.74, 6) is -0.341. The Morgan fingerprint density at radius 1 is 1.15 bits per heavy atom. The summed E-state index contributed by atoms with van der Waals surface area (Å²) in [6, 6.07) is 10.8. The number of aromatic nitrogens is 3. The van der Waals surface area contributed by atoms with Crippen LogP contribution in [0, 0.1) is 5.92 Å². The Balaban J connectivity index is 1.83. The van der Waals surface area contributed by atoms with Crippen LogP contribution >= 0.6 is 0 Å². The van der Waals surface area contributed by atoms with Crippen molar-refractivity contribution < 1.29 is 17.4 Å². The van der Waals surface area contributed by atoms with Gasteiger partial charge in [-0.25, -0.2) is 8.51 Å². The van der Waals surface area contributed by atoms with Gasteiger partial charge in [-0.05, 0) is 42.8 Å². The number of alkyl halides is 2. The van der Waals surface area contributed by atoms with Gasteiger partial charge >= 0.3 is 6.43 Å². The van der Waals surface area contributed by atoms with Crippen LogP contribution in [0.2, 0.25) is 0 Å². The van der Waals surface area contributed by atoms with Crippen molar-refractivity contribution in [2.24, 2.45) is 5.92 Å². The minimum Gasteiger partial charge on any atom is -0.415 e. The maximum atomic E-state index is 13.6. The molecule has 1 atom stereocenters. The Labute approximate surface area is 194 Å². The van der Waals surface area contributed by atoms with E-state index < -0.39 is 23.5 Å². The van der Waals surface area contributed by atoms with Gasteiger partial charge in [0.05, 0.1) is 18.4 Å². The van der Waals surface area contributed by atoms with E-state index in [0.29, 0.717) is 37.7 Å². The molecule has 0 saturated carbocycles. The van der Waals surface area contributed by atoms with E-state index in [1.54, 1.807) is 34.9 Å². The third-order valence-electron chi connectivity index (χ3n) is 4.68. The number of hydrogen-bond donors (Lipinski definition) is 1. The first kappa shape index (κ1) is 24.9. The predicted molar refractivity (Wildman–Crippen MR) is 124 cm³/mol. The van der Waals surface area contributed by atoms with Crippen LogP contribution in [0.15, 0.2) is 53.2 Å². The molecule has 11 heteroatoms. The van der Waals surface area contributed by atoms with Gasteiger partial charge in [-0.2, -0.15) is 8.78 Å². The van der Waals surface area contributed by atoms with Crippen molar-refractivity contribution in [2.45, 2.75) is 26.8 Å². The Morgan fingerprint density at radius 3 is 2.48 bits per heavy atom. The summed E-state index contributed by atoms with van der Waals surface area (Å²) in [6.45, 7) is 6.55. The van der Waals surface area contributed by atoms with E-state index in [-0.39, 0.29) is 5.89 Å². The quantitative estimate of drug-likeness (QED) is 0.426. The lowest BCUT2D eigenvalue weighted by Gasteiger charge is -2.31. The fourth-order valence-electron chi connectivity index (χ4n) is 3.11. The molecule has 0 aliphatic carbocycles. The first-order valence-electron chi connectivity index (χ1n) is 10.6. The van der Waals surface area contributed by atoms with E-state index in [9.17, 15) is 13.0 Å². The zero-order chi connectivity index (χ0) is 23.8. The normalized spacial score (nSPS) is 12.6. The molecule has 3 rings (SSSR count). The molecule has 8 nitrogen and oxygen atoms in total. The van der Waals surface area contributed by atoms with Crippen LogP contribution in [-0.2, 0) is 17.7 Å². The maximum Gasteiger partial charge on any atom is 0.314 e. The largest absolute Gasteiger partial charge is 0.415 e. The lowest BCUT2D eigenvalue weighted by Crippen LogP contribution is -2.43. The van der Waals surface area contributed by atoms with Crippen molar-refractivity contribution in [3.05, 3.63) is 60.2 Å². The SMILES string of the molecule is CNCCN(CC(C)C)S(=O)N(Cc1ccc(-c2nnc(C(F)F)o2)cc1)c1cccnc1. The zero-order valence-electron chi connectivity index (χ0n) is 18.8. The van der Waals surface area contributed by atoms with Gasteiger partial charge in [0, 0.05) is 31.4 Å². The van der Waals surface area contributed by atoms with Crippen LogP contribution in [0.25, 0.3) is 11.5 Å². The zero-order valence-corrected chi connectivity index (χ0v) is 19.6. The highest BCUT2D eigenvalue weighted by molar-refractivity contribution is 7.84. The lowest BCUT2D eigenvalue weighted by atomic mass is 10.1. The molecule has 0 fully saturated rings. The van der Waals surface area contributed by atoms with E-state index in [1.165, 1.54) is 0 Å². The summed E-state index contributed by atoms with van der Waals surface area (Å²) >= 11 is -1.45. The van der Waals surface area contributed by atoms with Gasteiger partial charge in [-0.15, -0.1) is 10.2 Å². The average Bonchev–Trinajstić information content (AvgIpc) is 3.31. The Bertz CT molecular complexity index is 1020. The van der Waals surface area contributed by atoms with Crippen LogP contribution in [0.4, 0.5) is 14.5 Å². The second kappa shape index (κ2) is 11.9. The Hall–Kier alpha value is -2.76. The van der Waals surface area contributed by atoms with Crippen molar-refractivity contribution in [1.82, 2.24) is 24.8 Å². The van der Waals surface area contributed by atoms with Crippen molar-refractivity contribution in [1.29, 1.82) is 0 Å². The molecule has 0 bridgehead atoms. The monoisotopic (exact) mass is 478 g/mol. The molecule has 2 heterocycles. The van der Waals surface area contributed by atoms with Crippen LogP contribution in [0.3, 0.4) is 0 Å². The highest BCUT2D eigenvalue weighted by atomic mass is 32.2. The van der Waals surface area contributed by atoms with E-state index >= 15 is 0 Å². The fraction of sp³-hybridized carbons (Fsp3) is 0.409. The number of benzene rings is 1. The molecule has 3 aromatic rings. The first-order chi connectivity index (χ1) is 15.9. The number of halogens is 2. The summed E-state index contributed by atoms with van der Waals surface area (Å²) in [4.78, 5) is 4.19. The molecule has 0 amide bonds. The summed E-state index contributed by atoms with van der Waals surface area (Å²) in [5.41, 5.74) is 2.14. The molecule has 1 N–H and O–H groups in total. The average molecular weight is 479 g/mol. The van der Waals surface area contributed by atoms with E-state index in [1.807, 2.05) is 29.6 Å². The van der Waals surface area contributed by atoms with Gasteiger partial charge in [0.25, 0.3) is 5.89 Å². The first-order valence-corrected chi connectivity index (χ1v) is 11.7. The Morgan fingerprint density at radius 2 is 1.91 bits per heavy atom. The molecule has 33 heavy (non-hydrogen) atoms. The second-order valence-corrected chi connectivity index (χ2v) is 9.23. The molecule has 2 aromatic heterocycles. The van der Waals surface area contributed by atoms with Crippen LogP contribution in [0.5, 0.6) is 0 Å². The van der Waals surface area contributed by atoms with E-state index in [4.69, 9.17) is 4.42 Å². The van der Waals surface area contributed by atoms with Crippen molar-refractivity contribution in [3.8, 4) is 11.5 Å². The number of likely N-dealkylation sites (N-methyl/N-ethyl adjacent to an activating group) is 1. The number of nitrogens with zero attached hydrogens (tertiary/aromatic N) is 5. The van der Waals surface area contributed by atoms with Crippen molar-refractivity contribution >= 4 is 16.9 Å². The lowest BCUT2D eigenvalue weighted by molar-refractivity contribution is 0.116. The number of rotatable bonds is 12. The number of anilines is 1. The summed E-state index contributed by atoms with van der Waals surface area (Å²) in [5, 5.41) is 10.1. The molecular weight excluding hydrogens is 450 g/mol. The summed E-state index contributed by atoms with van der Waals surface area (Å²) in [7, 11) is 1.87. The highest BCUT2D eigenvalue weighted by Gasteiger charge is 2.23. The van der Waals surface area contributed by atoms with Gasteiger partial charge in [-0.1, -0.05) is 26.0 Å². The Kier molecular flexibility index (Phi) is 8.98. The topological polar surface area (TPSA) is 87.4 Å². The van der Waals surface area contributed by atoms with Gasteiger partial charge < -0.3 is 9.73 Å². The highest BCUT2D eigenvalue weighted by Crippen LogP contribution is 2.25. The molecule has 0 aliphatic heterocycles. The maximum absolute atomic E-state index is 13.6. The fourth-order valence-corrected chi connectivity index (χ4v) is 4.61. The van der Waals surface area contributed by atoms with Gasteiger partial charge in [0.15, 0.2) is 11.2 Å². The van der Waals surface area contributed by atoms with Crippen molar-refractivity contribution in [3.63, 3.8) is 0 Å². The molecule has 0 spiro atoms. The summed E-state index contributed by atoms with van der Waals surface area (Å²) < 4.78 is 47.8. The molecule has 0 radical (unpaired) electrons. The molecule has 1 aromatic carbocycles. The second-order valence-electron chi connectivity index (χ2n) is 7.81. The predicted octanol–water partition coefficient (Wildman–Crippen LogP) is 3.83. The van der Waals surface area contributed by atoms with Crippen LogP contribution < -0.4 is 9.62 Å². The third kappa shape index (κ3) is 6.86. The summed E-state index contributed by atoms with van der Waals surface area (Å²) in [6.07, 6.45) is 0.539. The number of hydrogen-bond acceptors (Lipinski definition) is 6. The van der Waals surface area contributed by atoms with Crippen molar-refractivity contribution in [2.75, 3.05) is 31.0 Å². The van der Waals surface area contributed by atoms with Gasteiger partial charge in [0.2, 0.25) is 5.89 Å². The molecule has 1 unspecified atom stereocenters. The minimum absolute atomic E-state index is 0.0275. The number of pyridine rings is 1. The van der Waals surface area contributed by atoms with E-state index in [2.05, 4.69) is 34.3 Å². The number of nitrogens with one attached hydrogen (secondary N) is 1. The molecule has 0 saturated heterocycles. The standard InChI is InChI=1S/C22H28F2N6O2S/c1-16(2)14-29(12-11-25-3)33(31)30(19-5-4-10-26-13-19)15-17-6-8-18(9-7-17)21-27-28-22(32-21)20(23)24/h4-10,13,16,20,25H,11-12,14-15H2,1-3H3. The van der Waals surface area contributed by atoms with Gasteiger partial charge in [0.1, 0.15) is 0 Å². The smallest absolute Gasteiger partial charge is 0.314 e. The molecular formula is C22H28F2N6O2S.